The van der Waals surface area contributed by atoms with E-state index in [1.165, 1.54) is 0 Å². The third-order valence-corrected chi connectivity index (χ3v) is 6.46. The smallest absolute Gasteiger partial charge is 0.338 e. The molecule has 178 valence electrons. The SMILES string of the molecule is CCOC(=O)C1=C(CN2CCC[C@@H]2c2ccc3c(c2)OCCO3)NC(=O)N[C@H]1c1ccccc1. The van der Waals surface area contributed by atoms with Gasteiger partial charge in [0.05, 0.1) is 18.2 Å². The maximum absolute atomic E-state index is 13.1. The highest BCUT2D eigenvalue weighted by atomic mass is 16.6. The molecule has 2 aromatic carbocycles. The number of benzene rings is 2. The van der Waals surface area contributed by atoms with Crippen molar-refractivity contribution in [2.75, 3.05) is 32.9 Å². The molecule has 3 aliphatic heterocycles. The number of esters is 1. The number of likely N-dealkylation sites (tertiary alicyclic amines) is 1. The Morgan fingerprint density at radius 2 is 1.88 bits per heavy atom. The van der Waals surface area contributed by atoms with Crippen molar-refractivity contribution in [1.82, 2.24) is 15.5 Å². The van der Waals surface area contributed by atoms with Gasteiger partial charge in [-0.25, -0.2) is 9.59 Å². The molecule has 0 spiro atoms. The molecular weight excluding hydrogens is 434 g/mol. The van der Waals surface area contributed by atoms with Crippen molar-refractivity contribution in [1.29, 1.82) is 0 Å². The molecule has 2 amide bonds. The summed E-state index contributed by atoms with van der Waals surface area (Å²) < 4.78 is 16.8. The van der Waals surface area contributed by atoms with Crippen LogP contribution in [-0.2, 0) is 9.53 Å². The first kappa shape index (κ1) is 22.3. The molecule has 0 radical (unpaired) electrons. The van der Waals surface area contributed by atoms with Crippen molar-refractivity contribution in [3.63, 3.8) is 0 Å². The van der Waals surface area contributed by atoms with E-state index in [-0.39, 0.29) is 18.7 Å². The van der Waals surface area contributed by atoms with Gasteiger partial charge in [0, 0.05) is 18.3 Å². The quantitative estimate of drug-likeness (QED) is 0.638. The van der Waals surface area contributed by atoms with E-state index in [2.05, 4.69) is 21.6 Å². The molecule has 5 rings (SSSR count). The normalized spacial score (nSPS) is 22.2. The van der Waals surface area contributed by atoms with Crippen LogP contribution in [0.2, 0.25) is 0 Å². The molecule has 0 unspecified atom stereocenters. The van der Waals surface area contributed by atoms with Crippen molar-refractivity contribution in [2.24, 2.45) is 0 Å². The number of nitrogens with zero attached hydrogens (tertiary/aromatic N) is 1. The second-order valence-electron chi connectivity index (χ2n) is 8.59. The molecule has 3 aliphatic rings. The van der Waals surface area contributed by atoms with Gasteiger partial charge >= 0.3 is 12.0 Å². The molecule has 0 bridgehead atoms. The number of fused-ring (bicyclic) bond motifs is 1. The molecule has 8 heteroatoms. The Morgan fingerprint density at radius 3 is 2.68 bits per heavy atom. The Kier molecular flexibility index (Phi) is 6.40. The first-order valence-electron chi connectivity index (χ1n) is 11.8. The van der Waals surface area contributed by atoms with E-state index in [1.807, 2.05) is 42.5 Å². The summed E-state index contributed by atoms with van der Waals surface area (Å²) in [7, 11) is 0. The number of ether oxygens (including phenoxy) is 3. The van der Waals surface area contributed by atoms with Crippen LogP contribution >= 0.6 is 0 Å². The minimum Gasteiger partial charge on any atom is -0.486 e. The van der Waals surface area contributed by atoms with Crippen LogP contribution in [0.15, 0.2) is 59.8 Å². The third-order valence-electron chi connectivity index (χ3n) is 6.46. The van der Waals surface area contributed by atoms with Gasteiger partial charge in [0.15, 0.2) is 11.5 Å². The molecule has 2 N–H and O–H groups in total. The molecule has 1 fully saturated rings. The zero-order valence-electron chi connectivity index (χ0n) is 19.2. The molecule has 1 saturated heterocycles. The van der Waals surface area contributed by atoms with Crippen LogP contribution in [0, 0.1) is 0 Å². The molecule has 0 aliphatic carbocycles. The van der Waals surface area contributed by atoms with Gasteiger partial charge < -0.3 is 24.8 Å². The number of amides is 2. The first-order chi connectivity index (χ1) is 16.6. The van der Waals surface area contributed by atoms with Crippen LogP contribution in [0.3, 0.4) is 0 Å². The lowest BCUT2D eigenvalue weighted by Crippen LogP contribution is -2.48. The maximum Gasteiger partial charge on any atom is 0.338 e. The van der Waals surface area contributed by atoms with Crippen LogP contribution in [-0.4, -0.2) is 49.8 Å². The number of hydrogen-bond acceptors (Lipinski definition) is 6. The Labute approximate surface area is 198 Å². The Bertz CT molecular complexity index is 1100. The highest BCUT2D eigenvalue weighted by molar-refractivity contribution is 5.95. The molecule has 2 atom stereocenters. The Morgan fingerprint density at radius 1 is 1.09 bits per heavy atom. The average molecular weight is 464 g/mol. The molecule has 34 heavy (non-hydrogen) atoms. The van der Waals surface area contributed by atoms with Gasteiger partial charge in [0.1, 0.15) is 13.2 Å². The number of rotatable bonds is 6. The number of hydrogen-bond donors (Lipinski definition) is 2. The second-order valence-corrected chi connectivity index (χ2v) is 8.59. The largest absolute Gasteiger partial charge is 0.486 e. The summed E-state index contributed by atoms with van der Waals surface area (Å²) >= 11 is 0. The summed E-state index contributed by atoms with van der Waals surface area (Å²) in [6.07, 6.45) is 2.01. The van der Waals surface area contributed by atoms with E-state index < -0.39 is 12.0 Å². The van der Waals surface area contributed by atoms with Crippen molar-refractivity contribution in [3.05, 3.63) is 70.9 Å². The summed E-state index contributed by atoms with van der Waals surface area (Å²) in [6.45, 7) is 4.43. The van der Waals surface area contributed by atoms with E-state index in [0.717, 1.165) is 42.0 Å². The fourth-order valence-corrected chi connectivity index (χ4v) is 4.95. The molecule has 3 heterocycles. The summed E-state index contributed by atoms with van der Waals surface area (Å²) in [5.41, 5.74) is 3.00. The van der Waals surface area contributed by atoms with Crippen LogP contribution in [0.1, 0.15) is 43.0 Å². The van der Waals surface area contributed by atoms with E-state index in [1.54, 1.807) is 6.92 Å². The number of carbonyl (C=O) groups excluding carboxylic acids is 2. The van der Waals surface area contributed by atoms with Crippen LogP contribution in [0.4, 0.5) is 4.79 Å². The maximum atomic E-state index is 13.1. The lowest BCUT2D eigenvalue weighted by molar-refractivity contribution is -0.139. The number of carbonyl (C=O) groups is 2. The molecule has 8 nitrogen and oxygen atoms in total. The van der Waals surface area contributed by atoms with Crippen LogP contribution in [0.5, 0.6) is 11.5 Å². The topological polar surface area (TPSA) is 89.1 Å². The van der Waals surface area contributed by atoms with Crippen LogP contribution < -0.4 is 20.1 Å². The van der Waals surface area contributed by atoms with Gasteiger partial charge in [-0.1, -0.05) is 36.4 Å². The summed E-state index contributed by atoms with van der Waals surface area (Å²) in [6, 6.07) is 14.8. The minimum absolute atomic E-state index is 0.147. The zero-order chi connectivity index (χ0) is 23.5. The molecule has 0 saturated carbocycles. The van der Waals surface area contributed by atoms with Gasteiger partial charge in [-0.05, 0) is 49.6 Å². The fourth-order valence-electron chi connectivity index (χ4n) is 4.95. The van der Waals surface area contributed by atoms with Crippen molar-refractivity contribution in [3.8, 4) is 11.5 Å². The third kappa shape index (κ3) is 4.46. The summed E-state index contributed by atoms with van der Waals surface area (Å²) in [4.78, 5) is 28.0. The Balaban J connectivity index is 1.47. The summed E-state index contributed by atoms with van der Waals surface area (Å²) in [5, 5.41) is 5.79. The molecule has 2 aromatic rings. The van der Waals surface area contributed by atoms with E-state index in [9.17, 15) is 9.59 Å². The minimum atomic E-state index is -0.570. The van der Waals surface area contributed by atoms with E-state index in [0.29, 0.717) is 31.0 Å². The highest BCUT2D eigenvalue weighted by Gasteiger charge is 2.36. The van der Waals surface area contributed by atoms with E-state index in [4.69, 9.17) is 14.2 Å². The number of urea groups is 1. The number of nitrogens with one attached hydrogen (secondary N) is 2. The lowest BCUT2D eigenvalue weighted by atomic mass is 9.94. The Hall–Kier alpha value is -3.52. The zero-order valence-corrected chi connectivity index (χ0v) is 19.2. The van der Waals surface area contributed by atoms with Gasteiger partial charge in [-0.2, -0.15) is 0 Å². The standard InChI is InChI=1S/C26H29N3O5/c1-2-32-25(30)23-19(27-26(31)28-24(23)17-7-4-3-5-8-17)16-29-12-6-9-20(29)18-10-11-21-22(15-18)34-14-13-33-21/h3-5,7-8,10-11,15,20,24H,2,6,9,12-14,16H2,1H3,(H2,27,28,31)/t20-,24+/m1/s1. The molecular formula is C26H29N3O5. The predicted octanol–water partition coefficient (Wildman–Crippen LogP) is 3.47. The van der Waals surface area contributed by atoms with Crippen molar-refractivity contribution >= 4 is 12.0 Å². The van der Waals surface area contributed by atoms with Crippen molar-refractivity contribution in [2.45, 2.75) is 31.8 Å². The summed E-state index contributed by atoms with van der Waals surface area (Å²) in [5.74, 6) is 1.11. The van der Waals surface area contributed by atoms with Crippen LogP contribution in [0.25, 0.3) is 0 Å². The van der Waals surface area contributed by atoms with Gasteiger partial charge in [-0.15, -0.1) is 0 Å². The van der Waals surface area contributed by atoms with E-state index >= 15 is 0 Å². The predicted molar refractivity (Wildman–Crippen MR) is 125 cm³/mol. The van der Waals surface area contributed by atoms with Crippen molar-refractivity contribution < 1.29 is 23.8 Å². The van der Waals surface area contributed by atoms with Gasteiger partial charge in [0.2, 0.25) is 0 Å². The molecule has 0 aromatic heterocycles. The monoisotopic (exact) mass is 463 g/mol. The highest BCUT2D eigenvalue weighted by Crippen LogP contribution is 2.39. The second kappa shape index (κ2) is 9.77. The fraction of sp³-hybridized carbons (Fsp3) is 0.385. The lowest BCUT2D eigenvalue weighted by Gasteiger charge is -2.33. The average Bonchev–Trinajstić information content (AvgIpc) is 3.32. The first-order valence-corrected chi connectivity index (χ1v) is 11.8. The van der Waals surface area contributed by atoms with Gasteiger partial charge in [-0.3, -0.25) is 4.90 Å². The van der Waals surface area contributed by atoms with Gasteiger partial charge in [0.25, 0.3) is 0 Å².